The molecule has 2 aromatic rings. The number of carbonyl (C=O) groups is 1. The third-order valence-corrected chi connectivity index (χ3v) is 3.22. The number of nitrogens with zero attached hydrogens (tertiary/aromatic N) is 3. The molecular formula is C14H16N4O2. The molecule has 0 fully saturated rings. The molecule has 0 aromatic carbocycles. The molecule has 20 heavy (non-hydrogen) atoms. The Balaban J connectivity index is 1.71. The molecule has 1 aliphatic heterocycles. The van der Waals surface area contributed by atoms with E-state index in [4.69, 9.17) is 4.74 Å². The van der Waals surface area contributed by atoms with Gasteiger partial charge in [0.1, 0.15) is 0 Å². The van der Waals surface area contributed by atoms with E-state index >= 15 is 0 Å². The molecule has 1 unspecified atom stereocenters. The van der Waals surface area contributed by atoms with Crippen LogP contribution in [0.1, 0.15) is 35.6 Å². The molecule has 3 heterocycles. The lowest BCUT2D eigenvalue weighted by atomic mass is 10.2. The molecule has 1 N–H and O–H groups in total. The lowest BCUT2D eigenvalue weighted by molar-refractivity contribution is 0.0933. The lowest BCUT2D eigenvalue weighted by Gasteiger charge is -2.13. The molecule has 1 atom stereocenters. The minimum absolute atomic E-state index is 0.164. The van der Waals surface area contributed by atoms with Crippen LogP contribution in [-0.4, -0.2) is 27.3 Å². The third-order valence-electron chi connectivity index (χ3n) is 3.22. The van der Waals surface area contributed by atoms with E-state index in [9.17, 15) is 4.79 Å². The van der Waals surface area contributed by atoms with Gasteiger partial charge in [-0.3, -0.25) is 9.78 Å². The van der Waals surface area contributed by atoms with E-state index in [0.29, 0.717) is 18.2 Å². The van der Waals surface area contributed by atoms with Gasteiger partial charge in [-0.2, -0.15) is 5.10 Å². The largest absolute Gasteiger partial charge is 0.478 e. The Morgan fingerprint density at radius 1 is 1.50 bits per heavy atom. The maximum absolute atomic E-state index is 12.2. The van der Waals surface area contributed by atoms with Crippen LogP contribution < -0.4 is 10.1 Å². The van der Waals surface area contributed by atoms with E-state index in [1.165, 1.54) is 0 Å². The minimum Gasteiger partial charge on any atom is -0.478 e. The van der Waals surface area contributed by atoms with Crippen molar-refractivity contribution in [1.29, 1.82) is 0 Å². The number of rotatable bonds is 3. The average molecular weight is 272 g/mol. The second-order valence-corrected chi connectivity index (χ2v) is 4.74. The molecule has 1 amide bonds. The van der Waals surface area contributed by atoms with Crippen molar-refractivity contribution in [2.45, 2.75) is 25.9 Å². The molecule has 104 valence electrons. The number of pyridine rings is 1. The van der Waals surface area contributed by atoms with Crippen molar-refractivity contribution in [3.63, 3.8) is 0 Å². The number of fused-ring (bicyclic) bond motifs is 1. The monoisotopic (exact) mass is 272 g/mol. The summed E-state index contributed by atoms with van der Waals surface area (Å²) >= 11 is 0. The van der Waals surface area contributed by atoms with E-state index < -0.39 is 0 Å². The molecule has 3 rings (SSSR count). The summed E-state index contributed by atoms with van der Waals surface area (Å²) in [6, 6.07) is 7.14. The topological polar surface area (TPSA) is 69.0 Å². The summed E-state index contributed by atoms with van der Waals surface area (Å²) in [5.41, 5.74) is 1.20. The molecule has 6 heteroatoms. The van der Waals surface area contributed by atoms with Crippen LogP contribution in [0.4, 0.5) is 0 Å². The Labute approximate surface area is 116 Å². The molecule has 0 radical (unpaired) electrons. The summed E-state index contributed by atoms with van der Waals surface area (Å²) in [5.74, 6) is 0.445. The number of hydrogen-bond acceptors (Lipinski definition) is 4. The summed E-state index contributed by atoms with van der Waals surface area (Å²) < 4.78 is 7.18. The van der Waals surface area contributed by atoms with Gasteiger partial charge in [-0.1, -0.05) is 6.07 Å². The number of carbonyl (C=O) groups excluding carboxylic acids is 1. The lowest BCUT2D eigenvalue weighted by Crippen LogP contribution is -2.27. The molecular weight excluding hydrogens is 256 g/mol. The van der Waals surface area contributed by atoms with E-state index in [0.717, 1.165) is 18.7 Å². The minimum atomic E-state index is -0.214. The van der Waals surface area contributed by atoms with Crippen molar-refractivity contribution in [2.75, 3.05) is 6.61 Å². The van der Waals surface area contributed by atoms with Gasteiger partial charge >= 0.3 is 0 Å². The fourth-order valence-electron chi connectivity index (χ4n) is 2.15. The molecule has 0 saturated carbocycles. The van der Waals surface area contributed by atoms with Crippen molar-refractivity contribution < 1.29 is 9.53 Å². The van der Waals surface area contributed by atoms with Gasteiger partial charge in [0.05, 0.1) is 18.3 Å². The van der Waals surface area contributed by atoms with E-state index in [1.807, 2.05) is 25.1 Å². The van der Waals surface area contributed by atoms with Crippen LogP contribution in [0.25, 0.3) is 0 Å². The van der Waals surface area contributed by atoms with Gasteiger partial charge in [-0.05, 0) is 19.1 Å². The second kappa shape index (κ2) is 5.32. The highest BCUT2D eigenvalue weighted by molar-refractivity contribution is 5.92. The molecule has 0 aliphatic carbocycles. The van der Waals surface area contributed by atoms with Crippen molar-refractivity contribution in [3.05, 3.63) is 41.9 Å². The standard InChI is InChI=1S/C14H16N4O2/c1-10(11-5-2-3-6-15-11)16-14(19)12-9-13-18(17-12)7-4-8-20-13/h2-3,5-6,9-10H,4,7-8H2,1H3,(H,16,19). The smallest absolute Gasteiger partial charge is 0.272 e. The van der Waals surface area contributed by atoms with Crippen LogP contribution in [0, 0.1) is 0 Å². The van der Waals surface area contributed by atoms with E-state index in [2.05, 4.69) is 15.4 Å². The first kappa shape index (κ1) is 12.7. The highest BCUT2D eigenvalue weighted by atomic mass is 16.5. The van der Waals surface area contributed by atoms with Gasteiger partial charge in [0, 0.05) is 25.2 Å². The van der Waals surface area contributed by atoms with Crippen molar-refractivity contribution in [1.82, 2.24) is 20.1 Å². The highest BCUT2D eigenvalue weighted by Crippen LogP contribution is 2.19. The zero-order valence-electron chi connectivity index (χ0n) is 11.2. The van der Waals surface area contributed by atoms with Crippen LogP contribution in [0.15, 0.2) is 30.5 Å². The Bertz CT molecular complexity index is 585. The predicted octanol–water partition coefficient (Wildman–Crippen LogP) is 1.55. The summed E-state index contributed by atoms with van der Waals surface area (Å²) in [6.07, 6.45) is 2.63. The van der Waals surface area contributed by atoms with Crippen LogP contribution in [0.5, 0.6) is 5.88 Å². The van der Waals surface area contributed by atoms with Crippen molar-refractivity contribution in [2.24, 2.45) is 0 Å². The van der Waals surface area contributed by atoms with Gasteiger partial charge < -0.3 is 10.1 Å². The number of hydrogen-bond donors (Lipinski definition) is 1. The van der Waals surface area contributed by atoms with Gasteiger partial charge in [-0.25, -0.2) is 4.68 Å². The first-order valence-electron chi connectivity index (χ1n) is 6.66. The van der Waals surface area contributed by atoms with Gasteiger partial charge in [0.2, 0.25) is 5.88 Å². The maximum atomic E-state index is 12.2. The van der Waals surface area contributed by atoms with Crippen molar-refractivity contribution >= 4 is 5.91 Å². The van der Waals surface area contributed by atoms with Crippen LogP contribution in [0.2, 0.25) is 0 Å². The molecule has 0 bridgehead atoms. The number of nitrogens with one attached hydrogen (secondary N) is 1. The number of aryl methyl sites for hydroxylation is 1. The summed E-state index contributed by atoms with van der Waals surface area (Å²) in [4.78, 5) is 16.4. The number of ether oxygens (including phenoxy) is 1. The average Bonchev–Trinajstić information content (AvgIpc) is 2.92. The zero-order valence-corrected chi connectivity index (χ0v) is 11.2. The first-order valence-corrected chi connectivity index (χ1v) is 6.66. The molecule has 2 aromatic heterocycles. The quantitative estimate of drug-likeness (QED) is 0.920. The maximum Gasteiger partial charge on any atom is 0.272 e. The van der Waals surface area contributed by atoms with Crippen LogP contribution in [-0.2, 0) is 6.54 Å². The van der Waals surface area contributed by atoms with Gasteiger partial charge in [0.25, 0.3) is 5.91 Å². The van der Waals surface area contributed by atoms with Crippen molar-refractivity contribution in [3.8, 4) is 5.88 Å². The molecule has 0 spiro atoms. The Kier molecular flexibility index (Phi) is 3.37. The summed E-state index contributed by atoms with van der Waals surface area (Å²) in [7, 11) is 0. The SMILES string of the molecule is CC(NC(=O)c1cc2n(n1)CCCO2)c1ccccn1. The van der Waals surface area contributed by atoms with Crippen LogP contribution in [0.3, 0.4) is 0 Å². The normalized spacial score (nSPS) is 15.1. The fraction of sp³-hybridized carbons (Fsp3) is 0.357. The first-order chi connectivity index (χ1) is 9.74. The third kappa shape index (κ3) is 2.49. The predicted molar refractivity (Wildman–Crippen MR) is 72.5 cm³/mol. The number of amides is 1. The molecule has 1 aliphatic rings. The Morgan fingerprint density at radius 2 is 2.40 bits per heavy atom. The van der Waals surface area contributed by atoms with Gasteiger partial charge in [0.15, 0.2) is 5.69 Å². The highest BCUT2D eigenvalue weighted by Gasteiger charge is 2.19. The Morgan fingerprint density at radius 3 is 3.15 bits per heavy atom. The van der Waals surface area contributed by atoms with Gasteiger partial charge in [-0.15, -0.1) is 0 Å². The van der Waals surface area contributed by atoms with Crippen LogP contribution >= 0.6 is 0 Å². The number of aromatic nitrogens is 3. The van der Waals surface area contributed by atoms with E-state index in [-0.39, 0.29) is 11.9 Å². The van der Waals surface area contributed by atoms with E-state index in [1.54, 1.807) is 16.9 Å². The Hall–Kier alpha value is -2.37. The summed E-state index contributed by atoms with van der Waals surface area (Å²) in [6.45, 7) is 3.36. The summed E-state index contributed by atoms with van der Waals surface area (Å²) in [5, 5.41) is 7.15. The molecule has 6 nitrogen and oxygen atoms in total. The second-order valence-electron chi connectivity index (χ2n) is 4.74. The zero-order chi connectivity index (χ0) is 13.9. The molecule has 0 saturated heterocycles. The fourth-order valence-corrected chi connectivity index (χ4v) is 2.15.